The number of carboxylic acid groups (broad SMARTS) is 1. The number of hydrogen-bond acceptors (Lipinski definition) is 5. The van der Waals surface area contributed by atoms with Crippen LogP contribution < -0.4 is 9.47 Å². The molecule has 0 aromatic heterocycles. The van der Waals surface area contributed by atoms with E-state index in [0.717, 1.165) is 0 Å². The Hall–Kier alpha value is -3.02. The summed E-state index contributed by atoms with van der Waals surface area (Å²) < 4.78 is 15.3. The van der Waals surface area contributed by atoms with E-state index in [1.165, 1.54) is 26.4 Å². The standard InChI is InChI=1S/C16H14O6/c1-20-13-8-7-10(9-12(13)15(17)18)22-14-6-4-3-5-11(14)16(19)21-2/h3-9H,1-2H3,(H,17,18). The summed E-state index contributed by atoms with van der Waals surface area (Å²) in [5.74, 6) is -0.905. The first-order valence-electron chi connectivity index (χ1n) is 6.33. The molecular weight excluding hydrogens is 288 g/mol. The van der Waals surface area contributed by atoms with Crippen LogP contribution in [-0.4, -0.2) is 31.3 Å². The Balaban J connectivity index is 2.38. The molecule has 2 aromatic rings. The summed E-state index contributed by atoms with van der Waals surface area (Å²) >= 11 is 0. The molecular formula is C16H14O6. The Morgan fingerprint density at radius 2 is 1.68 bits per heavy atom. The van der Waals surface area contributed by atoms with E-state index in [9.17, 15) is 9.59 Å². The van der Waals surface area contributed by atoms with Crippen molar-refractivity contribution >= 4 is 11.9 Å². The highest BCUT2D eigenvalue weighted by Crippen LogP contribution is 2.29. The second kappa shape index (κ2) is 6.62. The number of methoxy groups -OCH3 is 2. The lowest BCUT2D eigenvalue weighted by Gasteiger charge is -2.11. The van der Waals surface area contributed by atoms with Gasteiger partial charge in [-0.1, -0.05) is 12.1 Å². The molecule has 0 radical (unpaired) electrons. The first kappa shape index (κ1) is 15.4. The highest BCUT2D eigenvalue weighted by Gasteiger charge is 2.16. The number of aromatic carboxylic acids is 1. The molecule has 2 rings (SSSR count). The van der Waals surface area contributed by atoms with Crippen LogP contribution >= 0.6 is 0 Å². The van der Waals surface area contributed by atoms with Gasteiger partial charge in [0.2, 0.25) is 0 Å². The van der Waals surface area contributed by atoms with E-state index < -0.39 is 11.9 Å². The lowest BCUT2D eigenvalue weighted by Crippen LogP contribution is -2.04. The van der Waals surface area contributed by atoms with Crippen LogP contribution in [-0.2, 0) is 4.74 Å². The molecule has 6 nitrogen and oxygen atoms in total. The molecule has 22 heavy (non-hydrogen) atoms. The van der Waals surface area contributed by atoms with Gasteiger partial charge in [0.1, 0.15) is 28.4 Å². The van der Waals surface area contributed by atoms with Crippen molar-refractivity contribution in [3.8, 4) is 17.2 Å². The second-order valence-corrected chi connectivity index (χ2v) is 4.26. The van der Waals surface area contributed by atoms with Crippen LogP contribution in [0, 0.1) is 0 Å². The zero-order valence-corrected chi connectivity index (χ0v) is 12.0. The van der Waals surface area contributed by atoms with Crippen molar-refractivity contribution in [3.63, 3.8) is 0 Å². The quantitative estimate of drug-likeness (QED) is 0.855. The average molecular weight is 302 g/mol. The van der Waals surface area contributed by atoms with Gasteiger partial charge in [0.15, 0.2) is 0 Å². The molecule has 0 saturated heterocycles. The van der Waals surface area contributed by atoms with Crippen molar-refractivity contribution in [2.75, 3.05) is 14.2 Å². The van der Waals surface area contributed by atoms with E-state index in [-0.39, 0.29) is 28.4 Å². The maximum atomic E-state index is 11.7. The summed E-state index contributed by atoms with van der Waals surface area (Å²) in [5, 5.41) is 9.16. The van der Waals surface area contributed by atoms with Crippen LogP contribution in [0.5, 0.6) is 17.2 Å². The minimum absolute atomic E-state index is 0.0319. The van der Waals surface area contributed by atoms with Gasteiger partial charge in [-0.25, -0.2) is 9.59 Å². The molecule has 0 heterocycles. The van der Waals surface area contributed by atoms with E-state index in [4.69, 9.17) is 14.6 Å². The van der Waals surface area contributed by atoms with Crippen LogP contribution in [0.3, 0.4) is 0 Å². The molecule has 6 heteroatoms. The highest BCUT2D eigenvalue weighted by molar-refractivity contribution is 5.93. The maximum absolute atomic E-state index is 11.7. The monoisotopic (exact) mass is 302 g/mol. The van der Waals surface area contributed by atoms with Gasteiger partial charge < -0.3 is 19.3 Å². The predicted octanol–water partition coefficient (Wildman–Crippen LogP) is 2.97. The number of carboxylic acids is 1. The Labute approximate surface area is 126 Å². The third-order valence-electron chi connectivity index (χ3n) is 2.92. The summed E-state index contributed by atoms with van der Waals surface area (Å²) in [6.07, 6.45) is 0. The molecule has 0 amide bonds. The van der Waals surface area contributed by atoms with Crippen molar-refractivity contribution in [2.24, 2.45) is 0 Å². The Morgan fingerprint density at radius 3 is 2.32 bits per heavy atom. The number of carbonyl (C=O) groups is 2. The number of ether oxygens (including phenoxy) is 3. The van der Waals surface area contributed by atoms with Crippen LogP contribution in [0.2, 0.25) is 0 Å². The van der Waals surface area contributed by atoms with Gasteiger partial charge in [0, 0.05) is 0 Å². The molecule has 0 spiro atoms. The average Bonchev–Trinajstić information content (AvgIpc) is 2.54. The van der Waals surface area contributed by atoms with Gasteiger partial charge in [-0.3, -0.25) is 0 Å². The van der Waals surface area contributed by atoms with Crippen molar-refractivity contribution in [2.45, 2.75) is 0 Å². The van der Waals surface area contributed by atoms with Gasteiger partial charge in [-0.15, -0.1) is 0 Å². The molecule has 2 aromatic carbocycles. The number of rotatable bonds is 5. The molecule has 0 aliphatic rings. The van der Waals surface area contributed by atoms with E-state index in [1.54, 1.807) is 30.3 Å². The van der Waals surface area contributed by atoms with Crippen molar-refractivity contribution in [1.29, 1.82) is 0 Å². The zero-order chi connectivity index (χ0) is 16.1. The largest absolute Gasteiger partial charge is 0.496 e. The number of esters is 1. The number of benzene rings is 2. The van der Waals surface area contributed by atoms with Crippen LogP contribution in [0.4, 0.5) is 0 Å². The molecule has 0 atom stereocenters. The highest BCUT2D eigenvalue weighted by atomic mass is 16.5. The van der Waals surface area contributed by atoms with Gasteiger partial charge in [0.05, 0.1) is 14.2 Å². The fraction of sp³-hybridized carbons (Fsp3) is 0.125. The number of hydrogen-bond donors (Lipinski definition) is 1. The van der Waals surface area contributed by atoms with Crippen LogP contribution in [0.15, 0.2) is 42.5 Å². The Kier molecular flexibility index (Phi) is 4.63. The van der Waals surface area contributed by atoms with E-state index >= 15 is 0 Å². The number of carbonyl (C=O) groups excluding carboxylic acids is 1. The summed E-state index contributed by atoms with van der Waals surface area (Å²) in [5.41, 5.74) is 0.216. The predicted molar refractivity (Wildman–Crippen MR) is 77.8 cm³/mol. The topological polar surface area (TPSA) is 82.1 Å². The Morgan fingerprint density at radius 1 is 0.955 bits per heavy atom. The molecule has 1 N–H and O–H groups in total. The van der Waals surface area contributed by atoms with Gasteiger partial charge in [0.25, 0.3) is 0 Å². The summed E-state index contributed by atoms with van der Waals surface area (Å²) in [7, 11) is 2.66. The third-order valence-corrected chi connectivity index (χ3v) is 2.92. The first-order valence-corrected chi connectivity index (χ1v) is 6.33. The number of para-hydroxylation sites is 1. The van der Waals surface area contributed by atoms with Gasteiger partial charge in [-0.05, 0) is 30.3 Å². The molecule has 0 aliphatic heterocycles. The van der Waals surface area contributed by atoms with Gasteiger partial charge >= 0.3 is 11.9 Å². The summed E-state index contributed by atoms with van der Waals surface area (Å²) in [4.78, 5) is 22.9. The molecule has 0 fully saturated rings. The summed E-state index contributed by atoms with van der Waals surface area (Å²) in [6.45, 7) is 0. The third kappa shape index (κ3) is 3.17. The normalized spacial score (nSPS) is 9.91. The minimum atomic E-state index is -1.14. The maximum Gasteiger partial charge on any atom is 0.341 e. The van der Waals surface area contributed by atoms with Crippen molar-refractivity contribution < 1.29 is 28.9 Å². The van der Waals surface area contributed by atoms with Crippen LogP contribution in [0.1, 0.15) is 20.7 Å². The SMILES string of the molecule is COC(=O)c1ccccc1Oc1ccc(OC)c(C(=O)O)c1. The van der Waals surface area contributed by atoms with Crippen LogP contribution in [0.25, 0.3) is 0 Å². The summed E-state index contributed by atoms with van der Waals surface area (Å²) in [6, 6.07) is 10.9. The van der Waals surface area contributed by atoms with Crippen molar-refractivity contribution in [3.05, 3.63) is 53.6 Å². The first-order chi connectivity index (χ1) is 10.6. The Bertz CT molecular complexity index is 708. The fourth-order valence-electron chi connectivity index (χ4n) is 1.88. The van der Waals surface area contributed by atoms with Gasteiger partial charge in [-0.2, -0.15) is 0 Å². The lowest BCUT2D eigenvalue weighted by molar-refractivity contribution is 0.0596. The van der Waals surface area contributed by atoms with E-state index in [2.05, 4.69) is 4.74 Å². The molecule has 0 aliphatic carbocycles. The molecule has 0 bridgehead atoms. The molecule has 0 unspecified atom stereocenters. The zero-order valence-electron chi connectivity index (χ0n) is 12.0. The van der Waals surface area contributed by atoms with E-state index in [0.29, 0.717) is 0 Å². The van der Waals surface area contributed by atoms with Crippen molar-refractivity contribution in [1.82, 2.24) is 0 Å². The smallest absolute Gasteiger partial charge is 0.341 e. The second-order valence-electron chi connectivity index (χ2n) is 4.26. The lowest BCUT2D eigenvalue weighted by atomic mass is 10.2. The molecule has 0 saturated carbocycles. The molecule has 114 valence electrons. The fourth-order valence-corrected chi connectivity index (χ4v) is 1.88. The minimum Gasteiger partial charge on any atom is -0.496 e. The van der Waals surface area contributed by atoms with E-state index in [1.807, 2.05) is 0 Å².